The summed E-state index contributed by atoms with van der Waals surface area (Å²) in [5, 5.41) is 14.9. The smallest absolute Gasteiger partial charge is 0.192 e. The van der Waals surface area contributed by atoms with Crippen LogP contribution in [-0.2, 0) is 11.3 Å². The van der Waals surface area contributed by atoms with Crippen molar-refractivity contribution in [2.45, 2.75) is 13.5 Å². The number of Topliss-reactive ketones (excluding diaryl/α,β-unsaturated/α-hetero) is 1. The summed E-state index contributed by atoms with van der Waals surface area (Å²) in [6.45, 7) is 2.12. The Morgan fingerprint density at radius 1 is 1.08 bits per heavy atom. The van der Waals surface area contributed by atoms with Crippen molar-refractivity contribution in [3.05, 3.63) is 78.3 Å². The van der Waals surface area contributed by atoms with Crippen molar-refractivity contribution in [2.75, 3.05) is 0 Å². The highest BCUT2D eigenvalue weighted by Gasteiger charge is 2.16. The van der Waals surface area contributed by atoms with E-state index < -0.39 is 0 Å². The SMILES string of the molecule is CC(=O)C(=CNCc1ccccc1)c1nnnn1-c1ccccc1. The second-order valence-electron chi connectivity index (χ2n) is 5.23. The highest BCUT2D eigenvalue weighted by molar-refractivity contribution is 6.18. The van der Waals surface area contributed by atoms with Crippen molar-refractivity contribution in [1.29, 1.82) is 0 Å². The van der Waals surface area contributed by atoms with Gasteiger partial charge in [0.25, 0.3) is 0 Å². The van der Waals surface area contributed by atoms with Crippen molar-refractivity contribution in [3.8, 4) is 5.69 Å². The molecule has 0 radical (unpaired) electrons. The maximum Gasteiger partial charge on any atom is 0.192 e. The molecule has 6 heteroatoms. The first-order chi connectivity index (χ1) is 11.8. The zero-order valence-electron chi connectivity index (χ0n) is 13.3. The number of nitrogens with zero attached hydrogens (tertiary/aromatic N) is 4. The lowest BCUT2D eigenvalue weighted by atomic mass is 10.1. The van der Waals surface area contributed by atoms with Gasteiger partial charge in [0.2, 0.25) is 0 Å². The maximum atomic E-state index is 12.1. The number of hydrogen-bond acceptors (Lipinski definition) is 5. The fourth-order valence-corrected chi connectivity index (χ4v) is 2.29. The minimum absolute atomic E-state index is 0.109. The van der Waals surface area contributed by atoms with E-state index in [1.54, 1.807) is 10.9 Å². The standard InChI is InChI=1S/C18H17N5O/c1-14(24)17(13-19-12-15-8-4-2-5-9-15)18-20-21-22-23(18)16-10-6-3-7-11-16/h2-11,13,19H,12H2,1H3. The van der Waals surface area contributed by atoms with Gasteiger partial charge < -0.3 is 5.32 Å². The number of aromatic nitrogens is 4. The Labute approximate surface area is 139 Å². The predicted octanol–water partition coefficient (Wildman–Crippen LogP) is 2.38. The molecule has 0 amide bonds. The van der Waals surface area contributed by atoms with Crippen LogP contribution >= 0.6 is 0 Å². The summed E-state index contributed by atoms with van der Waals surface area (Å²) in [4.78, 5) is 12.1. The van der Waals surface area contributed by atoms with Gasteiger partial charge in [0.05, 0.1) is 11.3 Å². The summed E-state index contributed by atoms with van der Waals surface area (Å²) in [5.41, 5.74) is 2.35. The van der Waals surface area contributed by atoms with E-state index in [0.29, 0.717) is 17.9 Å². The zero-order chi connectivity index (χ0) is 16.8. The highest BCUT2D eigenvalue weighted by Crippen LogP contribution is 2.15. The molecular formula is C18H17N5O. The van der Waals surface area contributed by atoms with Crippen LogP contribution in [0.3, 0.4) is 0 Å². The molecule has 0 atom stereocenters. The lowest BCUT2D eigenvalue weighted by Crippen LogP contribution is -2.12. The molecule has 0 unspecified atom stereocenters. The highest BCUT2D eigenvalue weighted by atomic mass is 16.1. The minimum atomic E-state index is -0.109. The Balaban J connectivity index is 1.86. The third-order valence-corrected chi connectivity index (χ3v) is 3.49. The number of hydrogen-bond donors (Lipinski definition) is 1. The molecular weight excluding hydrogens is 302 g/mol. The Morgan fingerprint density at radius 3 is 2.42 bits per heavy atom. The van der Waals surface area contributed by atoms with E-state index in [-0.39, 0.29) is 5.78 Å². The second-order valence-corrected chi connectivity index (χ2v) is 5.23. The largest absolute Gasteiger partial charge is 0.386 e. The second kappa shape index (κ2) is 7.32. The fourth-order valence-electron chi connectivity index (χ4n) is 2.29. The van der Waals surface area contributed by atoms with Crippen LogP contribution in [0.4, 0.5) is 0 Å². The van der Waals surface area contributed by atoms with Crippen LogP contribution in [0.25, 0.3) is 11.3 Å². The summed E-state index contributed by atoms with van der Waals surface area (Å²) < 4.78 is 1.55. The van der Waals surface area contributed by atoms with E-state index in [1.807, 2.05) is 60.7 Å². The average molecular weight is 319 g/mol. The first kappa shape index (κ1) is 15.6. The van der Waals surface area contributed by atoms with E-state index in [4.69, 9.17) is 0 Å². The predicted molar refractivity (Wildman–Crippen MR) is 91.1 cm³/mol. The van der Waals surface area contributed by atoms with Crippen LogP contribution in [0, 0.1) is 0 Å². The Morgan fingerprint density at radius 2 is 1.75 bits per heavy atom. The van der Waals surface area contributed by atoms with Crippen LogP contribution in [0.1, 0.15) is 18.3 Å². The molecule has 0 aliphatic carbocycles. The summed E-state index contributed by atoms with van der Waals surface area (Å²) in [7, 11) is 0. The molecule has 0 saturated carbocycles. The molecule has 2 aromatic carbocycles. The zero-order valence-corrected chi connectivity index (χ0v) is 13.3. The monoisotopic (exact) mass is 319 g/mol. The van der Waals surface area contributed by atoms with Gasteiger partial charge in [-0.25, -0.2) is 0 Å². The third kappa shape index (κ3) is 3.55. The number of allylic oxidation sites excluding steroid dienone is 1. The van der Waals surface area contributed by atoms with E-state index >= 15 is 0 Å². The van der Waals surface area contributed by atoms with E-state index in [1.165, 1.54) is 6.92 Å². The third-order valence-electron chi connectivity index (χ3n) is 3.49. The summed E-state index contributed by atoms with van der Waals surface area (Å²) in [6, 6.07) is 19.4. The first-order valence-corrected chi connectivity index (χ1v) is 7.58. The number of ketones is 1. The van der Waals surface area contributed by atoms with Gasteiger partial charge in [0.1, 0.15) is 0 Å². The molecule has 6 nitrogen and oxygen atoms in total. The summed E-state index contributed by atoms with van der Waals surface area (Å²) in [6.07, 6.45) is 1.67. The molecule has 1 N–H and O–H groups in total. The maximum absolute atomic E-state index is 12.1. The Bertz CT molecular complexity index is 840. The molecule has 0 aliphatic heterocycles. The van der Waals surface area contributed by atoms with Crippen LogP contribution in [-0.4, -0.2) is 26.0 Å². The molecule has 0 saturated heterocycles. The van der Waals surface area contributed by atoms with Crippen molar-refractivity contribution in [3.63, 3.8) is 0 Å². The van der Waals surface area contributed by atoms with E-state index in [0.717, 1.165) is 11.3 Å². The van der Waals surface area contributed by atoms with Crippen LogP contribution in [0.15, 0.2) is 66.9 Å². The number of carbonyl (C=O) groups excluding carboxylic acids is 1. The van der Waals surface area contributed by atoms with Gasteiger partial charge in [-0.1, -0.05) is 48.5 Å². The molecule has 0 spiro atoms. The number of nitrogens with one attached hydrogen (secondary N) is 1. The number of tetrazole rings is 1. The van der Waals surface area contributed by atoms with Gasteiger partial charge in [-0.05, 0) is 35.0 Å². The fraction of sp³-hybridized carbons (Fsp3) is 0.111. The van der Waals surface area contributed by atoms with Crippen molar-refractivity contribution in [2.24, 2.45) is 0 Å². The molecule has 3 rings (SSSR count). The van der Waals surface area contributed by atoms with E-state index in [9.17, 15) is 4.79 Å². The van der Waals surface area contributed by atoms with Crippen LogP contribution in [0.5, 0.6) is 0 Å². The Hall–Kier alpha value is -3.28. The van der Waals surface area contributed by atoms with Gasteiger partial charge in [-0.15, -0.1) is 5.10 Å². The molecule has 0 aliphatic rings. The van der Waals surface area contributed by atoms with Crippen molar-refractivity contribution >= 4 is 11.4 Å². The number of carbonyl (C=O) groups is 1. The van der Waals surface area contributed by atoms with Crippen molar-refractivity contribution < 1.29 is 4.79 Å². The molecule has 0 bridgehead atoms. The lowest BCUT2D eigenvalue weighted by Gasteiger charge is -2.07. The molecule has 24 heavy (non-hydrogen) atoms. The average Bonchev–Trinajstić information content (AvgIpc) is 3.09. The van der Waals surface area contributed by atoms with Gasteiger partial charge >= 0.3 is 0 Å². The van der Waals surface area contributed by atoms with Crippen molar-refractivity contribution in [1.82, 2.24) is 25.5 Å². The molecule has 1 heterocycles. The minimum Gasteiger partial charge on any atom is -0.386 e. The Kier molecular flexibility index (Phi) is 4.76. The van der Waals surface area contributed by atoms with Gasteiger partial charge in [0.15, 0.2) is 11.6 Å². The van der Waals surface area contributed by atoms with Crippen LogP contribution < -0.4 is 5.32 Å². The quantitative estimate of drug-likeness (QED) is 0.706. The van der Waals surface area contributed by atoms with Gasteiger partial charge in [-0.2, -0.15) is 4.68 Å². The number of rotatable bonds is 6. The normalized spacial score (nSPS) is 11.3. The topological polar surface area (TPSA) is 72.7 Å². The van der Waals surface area contributed by atoms with Crippen LogP contribution in [0.2, 0.25) is 0 Å². The van der Waals surface area contributed by atoms with E-state index in [2.05, 4.69) is 20.8 Å². The molecule has 1 aromatic heterocycles. The number of benzene rings is 2. The number of para-hydroxylation sites is 1. The van der Waals surface area contributed by atoms with Gasteiger partial charge in [0, 0.05) is 12.7 Å². The lowest BCUT2D eigenvalue weighted by molar-refractivity contribution is -0.111. The molecule has 3 aromatic rings. The summed E-state index contributed by atoms with van der Waals surface area (Å²) in [5.74, 6) is 0.303. The van der Waals surface area contributed by atoms with Gasteiger partial charge in [-0.3, -0.25) is 4.79 Å². The molecule has 0 fully saturated rings. The summed E-state index contributed by atoms with van der Waals surface area (Å²) >= 11 is 0. The first-order valence-electron chi connectivity index (χ1n) is 7.58. The molecule has 120 valence electrons.